The van der Waals surface area contributed by atoms with Crippen molar-refractivity contribution in [2.75, 3.05) is 25.7 Å². The molecule has 0 atom stereocenters. The number of fused-ring (bicyclic) bond motifs is 1. The van der Waals surface area contributed by atoms with Crippen molar-refractivity contribution in [2.45, 2.75) is 26.8 Å². The molecule has 1 aromatic carbocycles. The third kappa shape index (κ3) is 3.26. The predicted octanol–water partition coefficient (Wildman–Crippen LogP) is 3.74. The first kappa shape index (κ1) is 18.2. The lowest BCUT2D eigenvalue weighted by molar-refractivity contribution is 0.353. The Kier molecular flexibility index (Phi) is 4.86. The minimum absolute atomic E-state index is 0.664. The van der Waals surface area contributed by atoms with Crippen LogP contribution >= 0.6 is 0 Å². The van der Waals surface area contributed by atoms with E-state index in [2.05, 4.69) is 33.9 Å². The Labute approximate surface area is 165 Å². The second-order valence-corrected chi connectivity index (χ2v) is 6.94. The van der Waals surface area contributed by atoms with Gasteiger partial charge in [-0.1, -0.05) is 6.07 Å². The Bertz CT molecular complexity index is 1010. The van der Waals surface area contributed by atoms with E-state index in [-0.39, 0.29) is 0 Å². The summed E-state index contributed by atoms with van der Waals surface area (Å²) in [5, 5.41) is 0. The molecule has 144 valence electrons. The van der Waals surface area contributed by atoms with Crippen LogP contribution in [0.4, 0.5) is 5.82 Å². The number of ether oxygens (including phenoxy) is 2. The van der Waals surface area contributed by atoms with E-state index in [1.807, 2.05) is 25.1 Å². The Hall–Kier alpha value is -3.15. The number of nitrogens with zero attached hydrogens (tertiary/aromatic N) is 4. The van der Waals surface area contributed by atoms with Gasteiger partial charge in [-0.2, -0.15) is 0 Å². The zero-order chi connectivity index (χ0) is 19.7. The number of hydrogen-bond acceptors (Lipinski definition) is 6. The fraction of sp³-hybridized carbons (Fsp3) is 0.318. The first-order chi connectivity index (χ1) is 13.6. The predicted molar refractivity (Wildman–Crippen MR) is 109 cm³/mol. The van der Waals surface area contributed by atoms with Crippen LogP contribution in [0.5, 0.6) is 11.5 Å². The zero-order valence-electron chi connectivity index (χ0n) is 16.7. The number of hydrogen-bond donors (Lipinski definition) is 0. The van der Waals surface area contributed by atoms with E-state index in [9.17, 15) is 0 Å². The van der Waals surface area contributed by atoms with Crippen LogP contribution in [0.1, 0.15) is 22.4 Å². The van der Waals surface area contributed by atoms with Crippen molar-refractivity contribution in [1.82, 2.24) is 15.0 Å². The van der Waals surface area contributed by atoms with Crippen molar-refractivity contribution in [3.05, 3.63) is 58.9 Å². The molecule has 0 saturated carbocycles. The van der Waals surface area contributed by atoms with Crippen LogP contribution < -0.4 is 14.4 Å². The summed E-state index contributed by atoms with van der Waals surface area (Å²) in [6.07, 6.45) is 2.70. The fourth-order valence-corrected chi connectivity index (χ4v) is 3.60. The van der Waals surface area contributed by atoms with E-state index in [1.54, 1.807) is 20.4 Å². The normalized spacial score (nSPS) is 13.2. The first-order valence-electron chi connectivity index (χ1n) is 9.36. The summed E-state index contributed by atoms with van der Waals surface area (Å²) in [7, 11) is 3.34. The van der Waals surface area contributed by atoms with Crippen LogP contribution in [-0.2, 0) is 13.0 Å². The van der Waals surface area contributed by atoms with Gasteiger partial charge < -0.3 is 14.4 Å². The molecule has 0 saturated heterocycles. The average molecular weight is 376 g/mol. The number of aromatic nitrogens is 3. The molecule has 0 bridgehead atoms. The minimum atomic E-state index is 0.664. The average Bonchev–Trinajstić information content (AvgIpc) is 2.74. The quantitative estimate of drug-likeness (QED) is 0.691. The van der Waals surface area contributed by atoms with Crippen molar-refractivity contribution in [3.63, 3.8) is 0 Å². The lowest BCUT2D eigenvalue weighted by atomic mass is 9.98. The van der Waals surface area contributed by atoms with E-state index < -0.39 is 0 Å². The summed E-state index contributed by atoms with van der Waals surface area (Å²) in [5.74, 6) is 3.17. The third-order valence-corrected chi connectivity index (χ3v) is 5.28. The molecule has 0 unspecified atom stereocenters. The van der Waals surface area contributed by atoms with Crippen molar-refractivity contribution < 1.29 is 9.47 Å². The molecule has 0 radical (unpaired) electrons. The number of benzene rings is 1. The molecule has 28 heavy (non-hydrogen) atoms. The van der Waals surface area contributed by atoms with Gasteiger partial charge in [0.25, 0.3) is 0 Å². The van der Waals surface area contributed by atoms with Crippen LogP contribution in [0.2, 0.25) is 0 Å². The van der Waals surface area contributed by atoms with Crippen molar-refractivity contribution in [3.8, 4) is 23.0 Å². The van der Waals surface area contributed by atoms with E-state index >= 15 is 0 Å². The lowest BCUT2D eigenvalue weighted by Gasteiger charge is -2.32. The molecular weight excluding hydrogens is 352 g/mol. The first-order valence-corrected chi connectivity index (χ1v) is 9.36. The van der Waals surface area contributed by atoms with Gasteiger partial charge in [-0.05, 0) is 55.7 Å². The second kappa shape index (κ2) is 7.46. The number of pyridine rings is 1. The SMILES string of the molecule is COc1cc2c(cc1OC)CN(c1nc(-c3ccccn3)nc(C)c1C)CC2. The van der Waals surface area contributed by atoms with Crippen LogP contribution in [0.15, 0.2) is 36.5 Å². The third-order valence-electron chi connectivity index (χ3n) is 5.28. The van der Waals surface area contributed by atoms with Gasteiger partial charge in [0.05, 0.1) is 14.2 Å². The number of aryl methyl sites for hydroxylation is 1. The largest absolute Gasteiger partial charge is 0.493 e. The maximum absolute atomic E-state index is 5.49. The maximum atomic E-state index is 5.49. The van der Waals surface area contributed by atoms with Crippen molar-refractivity contribution in [1.29, 1.82) is 0 Å². The Morgan fingerprint density at radius 2 is 1.71 bits per heavy atom. The Balaban J connectivity index is 1.72. The molecule has 2 aromatic heterocycles. The Morgan fingerprint density at radius 3 is 2.39 bits per heavy atom. The molecular formula is C22H24N4O2. The molecule has 3 aromatic rings. The molecule has 6 heteroatoms. The van der Waals surface area contributed by atoms with Gasteiger partial charge in [0.1, 0.15) is 11.5 Å². The molecule has 0 N–H and O–H groups in total. The summed E-state index contributed by atoms with van der Waals surface area (Å²) in [4.78, 5) is 16.2. The summed E-state index contributed by atoms with van der Waals surface area (Å²) in [5.41, 5.74) is 5.39. The summed E-state index contributed by atoms with van der Waals surface area (Å²) >= 11 is 0. The highest BCUT2D eigenvalue weighted by atomic mass is 16.5. The van der Waals surface area contributed by atoms with E-state index in [0.29, 0.717) is 5.82 Å². The molecule has 1 aliphatic heterocycles. The van der Waals surface area contributed by atoms with Crippen LogP contribution in [-0.4, -0.2) is 35.7 Å². The van der Waals surface area contributed by atoms with Gasteiger partial charge in [0.15, 0.2) is 17.3 Å². The highest BCUT2D eigenvalue weighted by Crippen LogP contribution is 2.35. The topological polar surface area (TPSA) is 60.4 Å². The maximum Gasteiger partial charge on any atom is 0.180 e. The van der Waals surface area contributed by atoms with Crippen LogP contribution in [0, 0.1) is 13.8 Å². The van der Waals surface area contributed by atoms with Gasteiger partial charge in [-0.15, -0.1) is 0 Å². The molecule has 1 aliphatic rings. The number of rotatable bonds is 4. The highest BCUT2D eigenvalue weighted by Gasteiger charge is 2.23. The summed E-state index contributed by atoms with van der Waals surface area (Å²) in [6, 6.07) is 9.95. The molecule has 3 heterocycles. The molecule has 6 nitrogen and oxygen atoms in total. The van der Waals surface area contributed by atoms with Crippen molar-refractivity contribution in [2.24, 2.45) is 0 Å². The molecule has 0 aliphatic carbocycles. The Morgan fingerprint density at radius 1 is 0.964 bits per heavy atom. The standard InChI is InChI=1S/C22H24N4O2/c1-14-15(2)24-21(18-7-5-6-9-23-18)25-22(14)26-10-8-16-11-19(27-3)20(28-4)12-17(16)13-26/h5-7,9,11-12H,8,10,13H2,1-4H3. The minimum Gasteiger partial charge on any atom is -0.493 e. The van der Waals surface area contributed by atoms with Crippen molar-refractivity contribution >= 4 is 5.82 Å². The lowest BCUT2D eigenvalue weighted by Crippen LogP contribution is -2.32. The van der Waals surface area contributed by atoms with Crippen LogP contribution in [0.3, 0.4) is 0 Å². The van der Waals surface area contributed by atoms with Gasteiger partial charge >= 0.3 is 0 Å². The van der Waals surface area contributed by atoms with Crippen LogP contribution in [0.25, 0.3) is 11.5 Å². The number of anilines is 1. The van der Waals surface area contributed by atoms with E-state index in [4.69, 9.17) is 14.5 Å². The monoisotopic (exact) mass is 376 g/mol. The van der Waals surface area contributed by atoms with E-state index in [1.165, 1.54) is 11.1 Å². The molecule has 0 fully saturated rings. The molecule has 4 rings (SSSR count). The molecule has 0 amide bonds. The highest BCUT2D eigenvalue weighted by molar-refractivity contribution is 5.59. The smallest absolute Gasteiger partial charge is 0.180 e. The van der Waals surface area contributed by atoms with Gasteiger partial charge in [0, 0.05) is 30.5 Å². The zero-order valence-corrected chi connectivity index (χ0v) is 16.7. The second-order valence-electron chi connectivity index (χ2n) is 6.94. The van der Waals surface area contributed by atoms with Gasteiger partial charge in [-0.3, -0.25) is 4.98 Å². The molecule has 0 spiro atoms. The summed E-state index contributed by atoms with van der Waals surface area (Å²) < 4.78 is 10.9. The fourth-order valence-electron chi connectivity index (χ4n) is 3.60. The van der Waals surface area contributed by atoms with Gasteiger partial charge in [0.2, 0.25) is 0 Å². The van der Waals surface area contributed by atoms with E-state index in [0.717, 1.165) is 53.8 Å². The summed E-state index contributed by atoms with van der Waals surface area (Å²) in [6.45, 7) is 5.77. The number of methoxy groups -OCH3 is 2. The van der Waals surface area contributed by atoms with Gasteiger partial charge in [-0.25, -0.2) is 9.97 Å².